The Morgan fingerprint density at radius 2 is 2.11 bits per heavy atom. The Kier molecular flexibility index (Phi) is 4.51. The van der Waals surface area contributed by atoms with Gasteiger partial charge in [-0.15, -0.1) is 11.3 Å². The van der Waals surface area contributed by atoms with Gasteiger partial charge in [-0.05, 0) is 30.9 Å². The van der Waals surface area contributed by atoms with E-state index < -0.39 is 17.8 Å². The van der Waals surface area contributed by atoms with Gasteiger partial charge >= 0.3 is 5.97 Å². The molecule has 0 aromatic carbocycles. The van der Waals surface area contributed by atoms with Gasteiger partial charge in [0.1, 0.15) is 5.92 Å². The summed E-state index contributed by atoms with van der Waals surface area (Å²) in [5, 5.41) is 13.5. The van der Waals surface area contributed by atoms with E-state index in [0.717, 1.165) is 0 Å². The van der Waals surface area contributed by atoms with Crippen LogP contribution in [0.2, 0.25) is 0 Å². The zero-order valence-corrected chi connectivity index (χ0v) is 11.9. The van der Waals surface area contributed by atoms with E-state index in [1.807, 2.05) is 32.2 Å². The second-order valence-electron chi connectivity index (χ2n) is 5.09. The molecule has 18 heavy (non-hydrogen) atoms. The van der Waals surface area contributed by atoms with E-state index in [-0.39, 0.29) is 5.41 Å². The highest BCUT2D eigenvalue weighted by Gasteiger charge is 2.27. The topological polar surface area (TPSA) is 66.4 Å². The van der Waals surface area contributed by atoms with Crippen LogP contribution in [0.5, 0.6) is 0 Å². The van der Waals surface area contributed by atoms with Crippen LogP contribution < -0.4 is 5.32 Å². The van der Waals surface area contributed by atoms with Gasteiger partial charge in [-0.2, -0.15) is 0 Å². The molecular weight excluding hydrogens is 250 g/mol. The van der Waals surface area contributed by atoms with Crippen LogP contribution in [-0.4, -0.2) is 23.5 Å². The average molecular weight is 269 g/mol. The van der Waals surface area contributed by atoms with Crippen molar-refractivity contribution in [2.24, 2.45) is 5.92 Å². The summed E-state index contributed by atoms with van der Waals surface area (Å²) in [5.41, 5.74) is 1.01. The molecule has 0 saturated heterocycles. The molecule has 0 saturated carbocycles. The molecule has 1 atom stereocenters. The molecule has 100 valence electrons. The maximum absolute atomic E-state index is 11.6. The summed E-state index contributed by atoms with van der Waals surface area (Å²) in [5.74, 6) is -2.55. The minimum Gasteiger partial charge on any atom is -0.481 e. The molecule has 1 aromatic rings. The molecule has 1 rings (SSSR count). The molecule has 1 aromatic heterocycles. The first kappa shape index (κ1) is 14.7. The molecule has 4 nitrogen and oxygen atoms in total. The van der Waals surface area contributed by atoms with E-state index in [0.29, 0.717) is 6.54 Å². The van der Waals surface area contributed by atoms with Crippen LogP contribution in [0.15, 0.2) is 11.4 Å². The second-order valence-corrected chi connectivity index (χ2v) is 6.01. The minimum atomic E-state index is -1.10. The molecule has 0 bridgehead atoms. The standard InChI is InChI=1S/C13H19NO3S/c1-8-5-6-18-10(8)13(3,4)7-14-11(15)9(2)12(16)17/h5-6,9H,7H2,1-4H3,(H,14,15)(H,16,17). The molecule has 2 N–H and O–H groups in total. The average Bonchev–Trinajstić information content (AvgIpc) is 2.72. The van der Waals surface area contributed by atoms with Gasteiger partial charge in [0.15, 0.2) is 0 Å². The summed E-state index contributed by atoms with van der Waals surface area (Å²) in [7, 11) is 0. The quantitative estimate of drug-likeness (QED) is 0.805. The van der Waals surface area contributed by atoms with Gasteiger partial charge in [-0.25, -0.2) is 0 Å². The third kappa shape index (κ3) is 3.32. The number of carbonyl (C=O) groups is 2. The lowest BCUT2D eigenvalue weighted by atomic mass is 9.89. The van der Waals surface area contributed by atoms with Crippen molar-refractivity contribution in [3.63, 3.8) is 0 Å². The first-order chi connectivity index (χ1) is 8.25. The predicted molar refractivity (Wildman–Crippen MR) is 71.9 cm³/mol. The number of carboxylic acid groups (broad SMARTS) is 1. The van der Waals surface area contributed by atoms with E-state index >= 15 is 0 Å². The van der Waals surface area contributed by atoms with Gasteiger partial charge in [0.05, 0.1) is 0 Å². The normalized spacial score (nSPS) is 13.1. The Bertz CT molecular complexity index is 451. The maximum atomic E-state index is 11.6. The summed E-state index contributed by atoms with van der Waals surface area (Å²) in [6.07, 6.45) is 0. The van der Waals surface area contributed by atoms with Gasteiger partial charge in [0.25, 0.3) is 0 Å². The van der Waals surface area contributed by atoms with E-state index in [1.54, 1.807) is 11.3 Å². The Morgan fingerprint density at radius 1 is 1.50 bits per heavy atom. The van der Waals surface area contributed by atoms with Crippen molar-refractivity contribution < 1.29 is 14.7 Å². The largest absolute Gasteiger partial charge is 0.481 e. The number of hydrogen-bond acceptors (Lipinski definition) is 3. The number of carbonyl (C=O) groups excluding carboxylic acids is 1. The summed E-state index contributed by atoms with van der Waals surface area (Å²) in [4.78, 5) is 23.5. The summed E-state index contributed by atoms with van der Waals surface area (Å²) in [6, 6.07) is 2.05. The Labute approximate surface area is 111 Å². The summed E-state index contributed by atoms with van der Waals surface area (Å²) >= 11 is 1.66. The van der Waals surface area contributed by atoms with Crippen LogP contribution in [0.3, 0.4) is 0 Å². The van der Waals surface area contributed by atoms with Crippen LogP contribution in [0.25, 0.3) is 0 Å². The van der Waals surface area contributed by atoms with E-state index in [4.69, 9.17) is 5.11 Å². The fourth-order valence-corrected chi connectivity index (χ4v) is 2.77. The van der Waals surface area contributed by atoms with E-state index in [1.165, 1.54) is 17.4 Å². The lowest BCUT2D eigenvalue weighted by Gasteiger charge is -2.25. The molecule has 1 amide bonds. The third-order valence-electron chi connectivity index (χ3n) is 2.95. The molecule has 0 radical (unpaired) electrons. The lowest BCUT2D eigenvalue weighted by Crippen LogP contribution is -2.40. The van der Waals surface area contributed by atoms with Crippen molar-refractivity contribution in [2.75, 3.05) is 6.54 Å². The smallest absolute Gasteiger partial charge is 0.315 e. The maximum Gasteiger partial charge on any atom is 0.315 e. The highest BCUT2D eigenvalue weighted by molar-refractivity contribution is 7.10. The minimum absolute atomic E-state index is 0.188. The van der Waals surface area contributed by atoms with Crippen LogP contribution in [-0.2, 0) is 15.0 Å². The van der Waals surface area contributed by atoms with Crippen molar-refractivity contribution >= 4 is 23.2 Å². The molecular formula is C13H19NO3S. The number of rotatable bonds is 5. The molecule has 5 heteroatoms. The van der Waals surface area contributed by atoms with E-state index in [2.05, 4.69) is 5.32 Å². The molecule has 0 spiro atoms. The van der Waals surface area contributed by atoms with Crippen LogP contribution in [0.1, 0.15) is 31.2 Å². The number of nitrogens with one attached hydrogen (secondary N) is 1. The van der Waals surface area contributed by atoms with Gasteiger partial charge in [0.2, 0.25) is 5.91 Å². The van der Waals surface area contributed by atoms with Crippen LogP contribution in [0, 0.1) is 12.8 Å². The first-order valence-electron chi connectivity index (χ1n) is 5.81. The van der Waals surface area contributed by atoms with E-state index in [9.17, 15) is 9.59 Å². The van der Waals surface area contributed by atoms with Gasteiger partial charge in [-0.3, -0.25) is 9.59 Å². The van der Waals surface area contributed by atoms with Gasteiger partial charge in [-0.1, -0.05) is 13.8 Å². The zero-order chi connectivity index (χ0) is 13.9. The second kappa shape index (κ2) is 5.52. The van der Waals surface area contributed by atoms with Gasteiger partial charge in [0, 0.05) is 16.8 Å². The summed E-state index contributed by atoms with van der Waals surface area (Å²) in [6.45, 7) is 7.94. The number of aryl methyl sites for hydroxylation is 1. The predicted octanol–water partition coefficient (Wildman–Crippen LogP) is 2.17. The number of hydrogen-bond donors (Lipinski definition) is 2. The molecule has 1 unspecified atom stereocenters. The fourth-order valence-electron chi connectivity index (χ4n) is 1.72. The van der Waals surface area contributed by atoms with Crippen molar-refractivity contribution in [1.29, 1.82) is 0 Å². The highest BCUT2D eigenvalue weighted by atomic mass is 32.1. The molecule has 0 aliphatic rings. The Hall–Kier alpha value is -1.36. The molecule has 0 aliphatic heterocycles. The van der Waals surface area contributed by atoms with Crippen LogP contribution in [0.4, 0.5) is 0 Å². The van der Waals surface area contributed by atoms with Crippen molar-refractivity contribution in [3.8, 4) is 0 Å². The Balaban J connectivity index is 2.66. The molecule has 1 heterocycles. The third-order valence-corrected chi connectivity index (χ3v) is 4.33. The molecule has 0 aliphatic carbocycles. The van der Waals surface area contributed by atoms with Crippen LogP contribution >= 0.6 is 11.3 Å². The zero-order valence-electron chi connectivity index (χ0n) is 11.1. The Morgan fingerprint density at radius 3 is 2.56 bits per heavy atom. The number of thiophene rings is 1. The van der Waals surface area contributed by atoms with Crippen molar-refractivity contribution in [1.82, 2.24) is 5.32 Å². The van der Waals surface area contributed by atoms with Crippen molar-refractivity contribution in [2.45, 2.75) is 33.1 Å². The first-order valence-corrected chi connectivity index (χ1v) is 6.69. The molecule has 0 fully saturated rings. The number of aliphatic carboxylic acids is 1. The number of amides is 1. The van der Waals surface area contributed by atoms with Crippen molar-refractivity contribution in [3.05, 3.63) is 21.9 Å². The van der Waals surface area contributed by atoms with Gasteiger partial charge < -0.3 is 10.4 Å². The lowest BCUT2D eigenvalue weighted by molar-refractivity contribution is -0.146. The fraction of sp³-hybridized carbons (Fsp3) is 0.538. The monoisotopic (exact) mass is 269 g/mol. The SMILES string of the molecule is Cc1ccsc1C(C)(C)CNC(=O)C(C)C(=O)O. The summed E-state index contributed by atoms with van der Waals surface area (Å²) < 4.78 is 0. The highest BCUT2D eigenvalue weighted by Crippen LogP contribution is 2.30. The number of carboxylic acids is 1.